The van der Waals surface area contributed by atoms with Crippen molar-refractivity contribution in [2.45, 2.75) is 127 Å². The van der Waals surface area contributed by atoms with Crippen molar-refractivity contribution in [2.24, 2.45) is 34.6 Å². The highest BCUT2D eigenvalue weighted by Crippen LogP contribution is 2.34. The van der Waals surface area contributed by atoms with Crippen LogP contribution in [0.5, 0.6) is 0 Å². The minimum Gasteiger partial charge on any atom is -0.402 e. The van der Waals surface area contributed by atoms with Crippen LogP contribution in [-0.2, 0) is 9.59 Å². The molecule has 2 aromatic rings. The predicted octanol–water partition coefficient (Wildman–Crippen LogP) is 8.91. The van der Waals surface area contributed by atoms with Crippen LogP contribution in [0.1, 0.15) is 131 Å². The van der Waals surface area contributed by atoms with Crippen LogP contribution in [0.3, 0.4) is 0 Å². The zero-order chi connectivity index (χ0) is 34.7. The summed E-state index contributed by atoms with van der Waals surface area (Å²) in [4.78, 5) is 20.8. The maximum atomic E-state index is 12.3. The Labute approximate surface area is 274 Å². The summed E-state index contributed by atoms with van der Waals surface area (Å²) < 4.78 is 2.00. The number of benzene rings is 1. The van der Waals surface area contributed by atoms with Crippen molar-refractivity contribution < 1.29 is 9.59 Å². The number of anilines is 1. The smallest absolute Gasteiger partial charge is 0.224 e. The fraction of sp³-hybridized carbons (Fsp3) is 0.622. The molecule has 3 rings (SSSR count). The largest absolute Gasteiger partial charge is 0.402 e. The van der Waals surface area contributed by atoms with Crippen LogP contribution in [-0.4, -0.2) is 27.8 Å². The molecule has 0 bridgehead atoms. The normalized spacial score (nSPS) is 14.1. The average Bonchev–Trinajstić information content (AvgIpc) is 3.22. The number of allylic oxidation sites excluding steroid dienone is 2. The fourth-order valence-corrected chi connectivity index (χ4v) is 5.09. The molecular formula is C37H64N6O2. The lowest BCUT2D eigenvalue weighted by molar-refractivity contribution is -0.117. The Balaban J connectivity index is 0.000000753. The monoisotopic (exact) mass is 625 g/mol. The standard InChI is InChI=1S/C20H29N3O.C9H20.C7H12N2.CH3NO/c1-14(21)20(15(2)22)17-9-11-18(12-10-17)23-19(24)13-16-7-5-3-4-6-8-16;1-7(2)9(5,6)8(3)4;1-6(2)9-7(3)4-5-8-9;2-1-3/h9-12,16,21H,3-8,13,22H2,1-2H3,(H,23,24);7-8H,1-6H3;4-6H,1-3H3;1H,(H2,2,3)/b20-15+,21-14?;;;. The van der Waals surface area contributed by atoms with E-state index in [1.54, 1.807) is 13.8 Å². The molecular weight excluding hydrogens is 560 g/mol. The molecule has 8 nitrogen and oxygen atoms in total. The second kappa shape index (κ2) is 21.3. The summed E-state index contributed by atoms with van der Waals surface area (Å²) in [6.45, 7) is 23.7. The van der Waals surface area contributed by atoms with Crippen molar-refractivity contribution >= 4 is 29.3 Å². The predicted molar refractivity (Wildman–Crippen MR) is 192 cm³/mol. The number of amides is 2. The average molecular weight is 625 g/mol. The Bertz CT molecular complexity index is 1150. The molecule has 0 saturated heterocycles. The lowest BCUT2D eigenvalue weighted by Crippen LogP contribution is -2.25. The number of rotatable bonds is 8. The van der Waals surface area contributed by atoms with E-state index >= 15 is 0 Å². The van der Waals surface area contributed by atoms with Gasteiger partial charge in [0.1, 0.15) is 0 Å². The number of aryl methyl sites for hydroxylation is 1. The third-order valence-electron chi connectivity index (χ3n) is 9.01. The van der Waals surface area contributed by atoms with E-state index in [2.05, 4.69) is 78.5 Å². The number of nitrogens with two attached hydrogens (primary N) is 2. The molecule has 1 aliphatic rings. The number of nitrogens with one attached hydrogen (secondary N) is 2. The van der Waals surface area contributed by atoms with Crippen LogP contribution in [0.15, 0.2) is 42.2 Å². The molecule has 45 heavy (non-hydrogen) atoms. The summed E-state index contributed by atoms with van der Waals surface area (Å²) in [6, 6.07) is 10.1. The van der Waals surface area contributed by atoms with Gasteiger partial charge in [0.15, 0.2) is 0 Å². The highest BCUT2D eigenvalue weighted by molar-refractivity contribution is 6.21. The number of hydrogen-bond donors (Lipinski definition) is 4. The van der Waals surface area contributed by atoms with Crippen molar-refractivity contribution in [3.63, 3.8) is 0 Å². The molecule has 1 heterocycles. The quantitative estimate of drug-likeness (QED) is 0.132. The van der Waals surface area contributed by atoms with E-state index in [0.717, 1.165) is 28.7 Å². The van der Waals surface area contributed by atoms with E-state index in [1.807, 2.05) is 41.2 Å². The Morgan fingerprint density at radius 1 is 1.00 bits per heavy atom. The number of aromatic nitrogens is 2. The number of nitrogens with zero attached hydrogens (tertiary/aromatic N) is 2. The molecule has 1 aromatic carbocycles. The number of carbonyl (C=O) groups is 2. The third-order valence-corrected chi connectivity index (χ3v) is 9.01. The summed E-state index contributed by atoms with van der Waals surface area (Å²) in [5, 5.41) is 15.0. The number of primary amides is 1. The van der Waals surface area contributed by atoms with E-state index in [1.165, 1.54) is 44.2 Å². The van der Waals surface area contributed by atoms with Crippen molar-refractivity contribution in [3.05, 3.63) is 53.5 Å². The van der Waals surface area contributed by atoms with Gasteiger partial charge in [0.05, 0.1) is 0 Å². The Kier molecular flexibility index (Phi) is 19.7. The molecule has 0 unspecified atom stereocenters. The van der Waals surface area contributed by atoms with Gasteiger partial charge in [-0.25, -0.2) is 0 Å². The van der Waals surface area contributed by atoms with Gasteiger partial charge in [-0.1, -0.05) is 79.4 Å². The first kappa shape index (κ1) is 41.6. The maximum Gasteiger partial charge on any atom is 0.224 e. The number of hydrogen-bond acceptors (Lipinski definition) is 5. The molecule has 6 N–H and O–H groups in total. The minimum absolute atomic E-state index is 0.101. The highest BCUT2D eigenvalue weighted by atomic mass is 16.1. The van der Waals surface area contributed by atoms with Crippen molar-refractivity contribution in [2.75, 3.05) is 5.32 Å². The van der Waals surface area contributed by atoms with Crippen LogP contribution < -0.4 is 16.8 Å². The topological polar surface area (TPSA) is 140 Å². The summed E-state index contributed by atoms with van der Waals surface area (Å²) in [6.07, 6.45) is 10.2. The molecule has 8 heteroatoms. The SMILES string of the molecule is CC(=N)/C(=C(/C)N)c1ccc(NC(=O)CC2CCCCCC2)cc1.CC(C)C(C)(C)C(C)C.Cc1ccnn1C(C)C.NC=O. The molecule has 1 saturated carbocycles. The van der Waals surface area contributed by atoms with Gasteiger partial charge in [0.2, 0.25) is 12.3 Å². The lowest BCUT2D eigenvalue weighted by Gasteiger charge is -2.33. The molecule has 0 aliphatic heterocycles. The van der Waals surface area contributed by atoms with E-state index in [9.17, 15) is 4.79 Å². The second-order valence-corrected chi connectivity index (χ2v) is 13.6. The van der Waals surface area contributed by atoms with E-state index in [-0.39, 0.29) is 12.3 Å². The van der Waals surface area contributed by atoms with Gasteiger partial charge in [-0.2, -0.15) is 5.10 Å². The van der Waals surface area contributed by atoms with Gasteiger partial charge < -0.3 is 22.2 Å². The molecule has 0 atom stereocenters. The third kappa shape index (κ3) is 15.9. The van der Waals surface area contributed by atoms with E-state index < -0.39 is 0 Å². The molecule has 254 valence electrons. The van der Waals surface area contributed by atoms with E-state index in [0.29, 0.717) is 35.2 Å². The van der Waals surface area contributed by atoms with Crippen LogP contribution in [0.25, 0.3) is 5.57 Å². The lowest BCUT2D eigenvalue weighted by atomic mass is 9.72. The minimum atomic E-state index is 0.101. The van der Waals surface area contributed by atoms with E-state index in [4.69, 9.17) is 15.9 Å². The summed E-state index contributed by atoms with van der Waals surface area (Å²) >= 11 is 0. The molecule has 1 fully saturated rings. The maximum absolute atomic E-state index is 12.3. The first-order chi connectivity index (χ1) is 21.0. The van der Waals surface area contributed by atoms with Gasteiger partial charge in [0, 0.05) is 47.0 Å². The van der Waals surface area contributed by atoms with Crippen molar-refractivity contribution in [3.8, 4) is 0 Å². The Morgan fingerprint density at radius 2 is 1.49 bits per heavy atom. The second-order valence-electron chi connectivity index (χ2n) is 13.6. The van der Waals surface area contributed by atoms with Crippen LogP contribution >= 0.6 is 0 Å². The Morgan fingerprint density at radius 3 is 1.80 bits per heavy atom. The molecule has 2 amide bonds. The highest BCUT2D eigenvalue weighted by Gasteiger charge is 2.25. The zero-order valence-corrected chi connectivity index (χ0v) is 30.2. The molecule has 0 radical (unpaired) electrons. The first-order valence-electron chi connectivity index (χ1n) is 16.6. The van der Waals surface area contributed by atoms with Gasteiger partial charge in [-0.3, -0.25) is 14.3 Å². The van der Waals surface area contributed by atoms with Gasteiger partial charge >= 0.3 is 0 Å². The Hall–Kier alpha value is -3.42. The van der Waals surface area contributed by atoms with Gasteiger partial charge in [-0.15, -0.1) is 0 Å². The van der Waals surface area contributed by atoms with Crippen molar-refractivity contribution in [1.82, 2.24) is 9.78 Å². The van der Waals surface area contributed by atoms with Crippen molar-refractivity contribution in [1.29, 1.82) is 5.41 Å². The summed E-state index contributed by atoms with van der Waals surface area (Å²) in [5.41, 5.74) is 15.3. The van der Waals surface area contributed by atoms with Crippen LogP contribution in [0.4, 0.5) is 5.69 Å². The van der Waals surface area contributed by atoms with Crippen LogP contribution in [0, 0.1) is 35.5 Å². The molecule has 0 spiro atoms. The van der Waals surface area contributed by atoms with Gasteiger partial charge in [0.25, 0.3) is 0 Å². The fourth-order valence-electron chi connectivity index (χ4n) is 5.09. The number of carbonyl (C=O) groups excluding carboxylic acids is 2. The summed E-state index contributed by atoms with van der Waals surface area (Å²) in [7, 11) is 0. The van der Waals surface area contributed by atoms with Crippen LogP contribution in [0.2, 0.25) is 0 Å². The molecule has 1 aliphatic carbocycles. The summed E-state index contributed by atoms with van der Waals surface area (Å²) in [5.74, 6) is 2.21. The zero-order valence-electron chi connectivity index (χ0n) is 30.2. The first-order valence-corrected chi connectivity index (χ1v) is 16.6. The van der Waals surface area contributed by atoms with Gasteiger partial charge in [-0.05, 0) is 94.4 Å². The molecule has 1 aromatic heterocycles.